The number of amides is 2. The van der Waals surface area contributed by atoms with E-state index in [1.165, 1.54) is 12.3 Å². The van der Waals surface area contributed by atoms with Crippen LogP contribution in [-0.2, 0) is 16.1 Å². The molecule has 0 bridgehead atoms. The molecule has 16 heteroatoms. The molecule has 0 radical (unpaired) electrons. The number of halogens is 7. The molecular formula is C29H21F7N4O5. The van der Waals surface area contributed by atoms with Crippen LogP contribution < -0.4 is 20.5 Å². The largest absolute Gasteiger partial charge is 0.487 e. The lowest BCUT2D eigenvalue weighted by atomic mass is 9.90. The van der Waals surface area contributed by atoms with E-state index in [4.69, 9.17) is 10.5 Å². The second-order valence-corrected chi connectivity index (χ2v) is 10.2. The second kappa shape index (κ2) is 11.2. The first-order chi connectivity index (χ1) is 21.0. The number of fused-ring (bicyclic) bond motifs is 2. The van der Waals surface area contributed by atoms with Gasteiger partial charge >= 0.3 is 12.8 Å². The highest BCUT2D eigenvalue weighted by Crippen LogP contribution is 2.48. The van der Waals surface area contributed by atoms with Crippen molar-refractivity contribution in [1.29, 1.82) is 0 Å². The first kappa shape index (κ1) is 31.4. The van der Waals surface area contributed by atoms with Gasteiger partial charge in [0.15, 0.2) is 11.5 Å². The van der Waals surface area contributed by atoms with Gasteiger partial charge < -0.3 is 25.6 Å². The molecule has 5 rings (SSSR count). The van der Waals surface area contributed by atoms with Gasteiger partial charge in [0.1, 0.15) is 23.6 Å². The maximum absolute atomic E-state index is 15.7. The van der Waals surface area contributed by atoms with Gasteiger partial charge in [-0.05, 0) is 61.0 Å². The molecule has 0 unspecified atom stereocenters. The van der Waals surface area contributed by atoms with Crippen molar-refractivity contribution in [2.24, 2.45) is 5.73 Å². The zero-order chi connectivity index (χ0) is 32.9. The number of nitrogens with two attached hydrogens (primary N) is 1. The molecule has 2 atom stereocenters. The van der Waals surface area contributed by atoms with Crippen molar-refractivity contribution in [2.75, 3.05) is 13.2 Å². The number of aryl methyl sites for hydroxylation is 1. The van der Waals surface area contributed by atoms with E-state index in [0.717, 1.165) is 36.4 Å². The van der Waals surface area contributed by atoms with Crippen LogP contribution in [0.25, 0.3) is 22.2 Å². The minimum Gasteiger partial charge on any atom is -0.487 e. The molecule has 0 saturated heterocycles. The molecule has 2 aromatic heterocycles. The predicted octanol–water partition coefficient (Wildman–Crippen LogP) is 4.57. The number of primary amides is 1. The number of aliphatic hydroxyl groups is 1. The van der Waals surface area contributed by atoms with Gasteiger partial charge in [0, 0.05) is 28.3 Å². The standard InChI is InChI=1S/C29H21F7N4O5/c1-13-6-15-7-16(8-19(45-26(31)32)21(15)38-10-13)24(41)39-11-28(43,29(34,35)36)20-9-18-23(44-12-27(18,33)25(37)42)22(40-20)14-2-4-17(30)5-3-14/h2-10,26,43H,11-12H2,1H3,(H2,37,42)(H,39,41)/t27-,28+/m1/s1. The quantitative estimate of drug-likeness (QED) is 0.241. The highest BCUT2D eigenvalue weighted by atomic mass is 19.4. The fraction of sp³-hybridized carbons (Fsp3) is 0.241. The molecule has 1 aliphatic rings. The summed E-state index contributed by atoms with van der Waals surface area (Å²) in [4.78, 5) is 32.9. The number of nitrogens with zero attached hydrogens (tertiary/aromatic N) is 2. The van der Waals surface area contributed by atoms with E-state index in [0.29, 0.717) is 11.6 Å². The minimum atomic E-state index is -5.58. The SMILES string of the molecule is Cc1cnc2c(OC(F)F)cc(C(=O)NC[C@](O)(c3cc4c(c(-c5ccc(F)cc5)n3)OC[C@]4(F)C(N)=O)C(F)(F)F)cc2c1. The van der Waals surface area contributed by atoms with E-state index in [2.05, 4.69) is 14.7 Å². The molecule has 2 amide bonds. The molecule has 45 heavy (non-hydrogen) atoms. The summed E-state index contributed by atoms with van der Waals surface area (Å²) in [5.41, 5.74) is -4.46. The van der Waals surface area contributed by atoms with Gasteiger partial charge in [-0.25, -0.2) is 13.8 Å². The first-order valence-corrected chi connectivity index (χ1v) is 12.9. The van der Waals surface area contributed by atoms with E-state index in [9.17, 15) is 41.0 Å². The predicted molar refractivity (Wildman–Crippen MR) is 143 cm³/mol. The summed E-state index contributed by atoms with van der Waals surface area (Å²) in [5.74, 6) is -4.57. The summed E-state index contributed by atoms with van der Waals surface area (Å²) in [6.07, 6.45) is -4.23. The van der Waals surface area contributed by atoms with Crippen LogP contribution in [0.1, 0.15) is 27.2 Å². The lowest BCUT2D eigenvalue weighted by molar-refractivity contribution is -0.265. The molecule has 9 nitrogen and oxygen atoms in total. The van der Waals surface area contributed by atoms with E-state index < -0.39 is 88.9 Å². The van der Waals surface area contributed by atoms with Gasteiger partial charge in [0.05, 0.1) is 12.2 Å². The van der Waals surface area contributed by atoms with Gasteiger partial charge in [-0.15, -0.1) is 0 Å². The summed E-state index contributed by atoms with van der Waals surface area (Å²) < 4.78 is 109. The van der Waals surface area contributed by atoms with Crippen LogP contribution in [0.15, 0.2) is 54.7 Å². The number of ether oxygens (including phenoxy) is 2. The van der Waals surface area contributed by atoms with Crippen molar-refractivity contribution in [2.45, 2.75) is 31.0 Å². The third-order valence-corrected chi connectivity index (χ3v) is 7.08. The number of carbonyl (C=O) groups is 2. The van der Waals surface area contributed by atoms with E-state index >= 15 is 4.39 Å². The normalized spacial score (nSPS) is 17.5. The molecule has 0 saturated carbocycles. The topological polar surface area (TPSA) is 137 Å². The molecule has 236 valence electrons. The maximum atomic E-state index is 15.7. The Hall–Kier alpha value is -4.99. The maximum Gasteiger partial charge on any atom is 0.424 e. The summed E-state index contributed by atoms with van der Waals surface area (Å²) in [7, 11) is 0. The Kier molecular flexibility index (Phi) is 7.81. The summed E-state index contributed by atoms with van der Waals surface area (Å²) in [5, 5.41) is 13.1. The number of aromatic nitrogens is 2. The fourth-order valence-electron chi connectivity index (χ4n) is 4.73. The third-order valence-electron chi connectivity index (χ3n) is 7.08. The Labute approximate surface area is 248 Å². The zero-order valence-electron chi connectivity index (χ0n) is 22.9. The second-order valence-electron chi connectivity index (χ2n) is 10.2. The summed E-state index contributed by atoms with van der Waals surface area (Å²) in [6.45, 7) is -4.33. The van der Waals surface area contributed by atoms with Crippen molar-refractivity contribution in [3.63, 3.8) is 0 Å². The monoisotopic (exact) mass is 638 g/mol. The number of carbonyl (C=O) groups excluding carboxylic acids is 2. The van der Waals surface area contributed by atoms with Crippen LogP contribution in [0.4, 0.5) is 30.7 Å². The Bertz CT molecular complexity index is 1820. The van der Waals surface area contributed by atoms with E-state index in [-0.39, 0.29) is 16.5 Å². The van der Waals surface area contributed by atoms with Crippen LogP contribution >= 0.6 is 0 Å². The average molecular weight is 638 g/mol. The Morgan fingerprint density at radius 3 is 2.47 bits per heavy atom. The molecule has 3 heterocycles. The van der Waals surface area contributed by atoms with Gasteiger partial charge in [-0.3, -0.25) is 14.6 Å². The lowest BCUT2D eigenvalue weighted by Gasteiger charge is -2.31. The van der Waals surface area contributed by atoms with Crippen LogP contribution in [0.2, 0.25) is 0 Å². The minimum absolute atomic E-state index is 0.0497. The number of benzene rings is 2. The van der Waals surface area contributed by atoms with E-state index in [1.807, 2.05) is 5.32 Å². The Morgan fingerprint density at radius 1 is 1.16 bits per heavy atom. The molecule has 4 N–H and O–H groups in total. The van der Waals surface area contributed by atoms with Gasteiger partial charge in [-0.2, -0.15) is 22.0 Å². The summed E-state index contributed by atoms with van der Waals surface area (Å²) in [6, 6.07) is 7.97. The average Bonchev–Trinajstić information content (AvgIpc) is 3.32. The zero-order valence-corrected chi connectivity index (χ0v) is 22.9. The molecule has 0 aliphatic carbocycles. The molecule has 4 aromatic rings. The van der Waals surface area contributed by atoms with Crippen LogP contribution in [0, 0.1) is 12.7 Å². The number of nitrogens with one attached hydrogen (secondary N) is 1. The molecule has 1 aliphatic heterocycles. The highest BCUT2D eigenvalue weighted by Gasteiger charge is 2.58. The van der Waals surface area contributed by atoms with Gasteiger partial charge in [0.25, 0.3) is 17.5 Å². The van der Waals surface area contributed by atoms with Crippen molar-refractivity contribution >= 4 is 22.7 Å². The van der Waals surface area contributed by atoms with Crippen molar-refractivity contribution < 1.29 is 54.9 Å². The van der Waals surface area contributed by atoms with Crippen molar-refractivity contribution in [3.05, 3.63) is 82.9 Å². The van der Waals surface area contributed by atoms with Crippen molar-refractivity contribution in [3.8, 4) is 22.8 Å². The third kappa shape index (κ3) is 5.68. The van der Waals surface area contributed by atoms with Crippen molar-refractivity contribution in [1.82, 2.24) is 15.3 Å². The molecule has 0 spiro atoms. The van der Waals surface area contributed by atoms with Crippen LogP contribution in [0.3, 0.4) is 0 Å². The lowest BCUT2D eigenvalue weighted by Crippen LogP contribution is -2.51. The number of rotatable bonds is 8. The number of pyridine rings is 2. The molecular weight excluding hydrogens is 617 g/mol. The Balaban J connectivity index is 1.58. The fourth-order valence-corrected chi connectivity index (χ4v) is 4.73. The van der Waals surface area contributed by atoms with E-state index in [1.54, 1.807) is 6.92 Å². The first-order valence-electron chi connectivity index (χ1n) is 12.9. The number of hydrogen-bond donors (Lipinski definition) is 3. The molecule has 2 aromatic carbocycles. The van der Waals surface area contributed by atoms with Gasteiger partial charge in [0.2, 0.25) is 5.60 Å². The molecule has 0 fully saturated rings. The summed E-state index contributed by atoms with van der Waals surface area (Å²) >= 11 is 0. The number of alkyl halides is 6. The smallest absolute Gasteiger partial charge is 0.424 e. The van der Waals surface area contributed by atoms with Gasteiger partial charge in [-0.1, -0.05) is 0 Å². The highest BCUT2D eigenvalue weighted by molar-refractivity contribution is 6.00. The Morgan fingerprint density at radius 2 is 1.84 bits per heavy atom. The van der Waals surface area contributed by atoms with Crippen LogP contribution in [-0.4, -0.2) is 52.8 Å². The van der Waals surface area contributed by atoms with Crippen LogP contribution in [0.5, 0.6) is 11.5 Å². The number of hydrogen-bond acceptors (Lipinski definition) is 7.